The molecule has 1 aromatic heterocycles. The van der Waals surface area contributed by atoms with Crippen LogP contribution in [-0.2, 0) is 16.0 Å². The maximum atomic E-state index is 11.9. The summed E-state index contributed by atoms with van der Waals surface area (Å²) < 4.78 is 5.03. The number of rotatable bonds is 5. The first kappa shape index (κ1) is 16.2. The molecule has 0 fully saturated rings. The molecule has 0 unspecified atom stereocenters. The number of nitrogens with zero attached hydrogens (tertiary/aromatic N) is 1. The Morgan fingerprint density at radius 1 is 1.35 bits per heavy atom. The number of hydrogen-bond donors (Lipinski definition) is 2. The smallest absolute Gasteiger partial charge is 0.326 e. The van der Waals surface area contributed by atoms with Gasteiger partial charge in [0.15, 0.2) is 0 Å². The van der Waals surface area contributed by atoms with Crippen LogP contribution in [0.2, 0.25) is 0 Å². The molecule has 0 saturated carbocycles. The van der Waals surface area contributed by atoms with Crippen molar-refractivity contribution >= 4 is 11.9 Å². The van der Waals surface area contributed by atoms with Crippen molar-refractivity contribution in [2.45, 2.75) is 53.5 Å². The Labute approximate surface area is 118 Å². The normalized spacial score (nSPS) is 13.1. The van der Waals surface area contributed by atoms with E-state index in [-0.39, 0.29) is 12.3 Å². The van der Waals surface area contributed by atoms with Crippen LogP contribution in [0.3, 0.4) is 0 Å². The van der Waals surface area contributed by atoms with Gasteiger partial charge in [0.05, 0.1) is 5.69 Å². The van der Waals surface area contributed by atoms with Crippen molar-refractivity contribution in [3.63, 3.8) is 0 Å². The topological polar surface area (TPSA) is 92.4 Å². The average Bonchev–Trinajstić information content (AvgIpc) is 2.61. The number of carbonyl (C=O) groups excluding carboxylic acids is 1. The van der Waals surface area contributed by atoms with Crippen molar-refractivity contribution in [1.29, 1.82) is 0 Å². The predicted molar refractivity (Wildman–Crippen MR) is 73.3 cm³/mol. The second-order valence-corrected chi connectivity index (χ2v) is 6.01. The summed E-state index contributed by atoms with van der Waals surface area (Å²) in [6.07, 6.45) is 0.701. The van der Waals surface area contributed by atoms with Crippen LogP contribution in [0.5, 0.6) is 0 Å². The highest BCUT2D eigenvalue weighted by Crippen LogP contribution is 2.20. The van der Waals surface area contributed by atoms with Gasteiger partial charge in [-0.15, -0.1) is 0 Å². The van der Waals surface area contributed by atoms with E-state index in [4.69, 9.17) is 9.63 Å². The van der Waals surface area contributed by atoms with Gasteiger partial charge < -0.3 is 14.9 Å². The largest absolute Gasteiger partial charge is 0.480 e. The molecule has 1 aromatic rings. The second kappa shape index (κ2) is 6.07. The van der Waals surface area contributed by atoms with E-state index in [2.05, 4.69) is 10.5 Å². The SMILES string of the molecule is Cc1noc(C)c1CCC(=O)N[C@H](C(=O)O)C(C)(C)C. The maximum absolute atomic E-state index is 11.9. The molecule has 2 N–H and O–H groups in total. The summed E-state index contributed by atoms with van der Waals surface area (Å²) >= 11 is 0. The Hall–Kier alpha value is -1.85. The third kappa shape index (κ3) is 4.08. The van der Waals surface area contributed by atoms with Gasteiger partial charge in [0.2, 0.25) is 5.91 Å². The van der Waals surface area contributed by atoms with Crippen molar-refractivity contribution in [2.24, 2.45) is 5.41 Å². The van der Waals surface area contributed by atoms with Gasteiger partial charge in [-0.3, -0.25) is 4.79 Å². The van der Waals surface area contributed by atoms with Crippen LogP contribution in [0.15, 0.2) is 4.52 Å². The third-order valence-corrected chi connectivity index (χ3v) is 3.20. The molecule has 1 amide bonds. The number of carbonyl (C=O) groups is 2. The Morgan fingerprint density at radius 3 is 2.35 bits per heavy atom. The van der Waals surface area contributed by atoms with E-state index in [1.165, 1.54) is 0 Å². The van der Waals surface area contributed by atoms with Gasteiger partial charge in [0.25, 0.3) is 0 Å². The number of carboxylic acid groups (broad SMARTS) is 1. The molecule has 112 valence electrons. The van der Waals surface area contributed by atoms with Crippen LogP contribution in [0.25, 0.3) is 0 Å². The lowest BCUT2D eigenvalue weighted by molar-refractivity contribution is -0.144. The number of aliphatic carboxylic acids is 1. The molecular formula is C14H22N2O4. The van der Waals surface area contributed by atoms with Gasteiger partial charge in [-0.25, -0.2) is 4.79 Å². The number of hydrogen-bond acceptors (Lipinski definition) is 4. The summed E-state index contributed by atoms with van der Waals surface area (Å²) in [7, 11) is 0. The first-order valence-electron chi connectivity index (χ1n) is 6.57. The highest BCUT2D eigenvalue weighted by molar-refractivity contribution is 5.84. The van der Waals surface area contributed by atoms with E-state index in [1.807, 2.05) is 6.92 Å². The molecule has 0 radical (unpaired) electrons. The van der Waals surface area contributed by atoms with Gasteiger partial charge in [-0.1, -0.05) is 25.9 Å². The van der Waals surface area contributed by atoms with Crippen molar-refractivity contribution in [1.82, 2.24) is 10.5 Å². The van der Waals surface area contributed by atoms with Gasteiger partial charge in [0.1, 0.15) is 11.8 Å². The summed E-state index contributed by atoms with van der Waals surface area (Å²) in [4.78, 5) is 23.1. The standard InChI is InChI=1S/C14H22N2O4/c1-8-10(9(2)20-16-8)6-7-11(17)15-12(13(18)19)14(3,4)5/h12H,6-7H2,1-5H3,(H,15,17)(H,18,19)/t12-/m1/s1. The minimum absolute atomic E-state index is 0.211. The van der Waals surface area contributed by atoms with Crippen LogP contribution in [0.4, 0.5) is 0 Å². The Balaban J connectivity index is 2.62. The van der Waals surface area contributed by atoms with E-state index in [0.29, 0.717) is 12.2 Å². The molecule has 1 heterocycles. The van der Waals surface area contributed by atoms with E-state index < -0.39 is 17.4 Å². The summed E-state index contributed by atoms with van der Waals surface area (Å²) in [6.45, 7) is 8.95. The summed E-state index contributed by atoms with van der Waals surface area (Å²) in [5, 5.41) is 15.5. The molecule has 0 bridgehead atoms. The van der Waals surface area contributed by atoms with Crippen molar-refractivity contribution in [3.8, 4) is 0 Å². The second-order valence-electron chi connectivity index (χ2n) is 6.01. The van der Waals surface area contributed by atoms with Crippen molar-refractivity contribution < 1.29 is 19.2 Å². The lowest BCUT2D eigenvalue weighted by Crippen LogP contribution is -2.49. The minimum atomic E-state index is -1.02. The number of amides is 1. The van der Waals surface area contributed by atoms with Crippen molar-refractivity contribution in [2.75, 3.05) is 0 Å². The quantitative estimate of drug-likeness (QED) is 0.859. The zero-order valence-electron chi connectivity index (χ0n) is 12.6. The highest BCUT2D eigenvalue weighted by atomic mass is 16.5. The lowest BCUT2D eigenvalue weighted by Gasteiger charge is -2.27. The van der Waals surface area contributed by atoms with E-state index in [0.717, 1.165) is 11.3 Å². The lowest BCUT2D eigenvalue weighted by atomic mass is 9.86. The summed E-state index contributed by atoms with van der Waals surface area (Å²) in [6, 6.07) is -0.903. The zero-order chi connectivity index (χ0) is 15.5. The van der Waals surface area contributed by atoms with Gasteiger partial charge in [-0.05, 0) is 25.7 Å². The maximum Gasteiger partial charge on any atom is 0.326 e. The molecular weight excluding hydrogens is 260 g/mol. The fraction of sp³-hybridized carbons (Fsp3) is 0.643. The number of aromatic nitrogens is 1. The van der Waals surface area contributed by atoms with Crippen LogP contribution in [0.1, 0.15) is 44.2 Å². The van der Waals surface area contributed by atoms with Crippen LogP contribution in [0, 0.1) is 19.3 Å². The van der Waals surface area contributed by atoms with E-state index in [1.54, 1.807) is 27.7 Å². The molecule has 20 heavy (non-hydrogen) atoms. The van der Waals surface area contributed by atoms with Crippen molar-refractivity contribution in [3.05, 3.63) is 17.0 Å². The summed E-state index contributed by atoms with van der Waals surface area (Å²) in [5.41, 5.74) is 1.13. The molecule has 0 aliphatic heterocycles. The zero-order valence-corrected chi connectivity index (χ0v) is 12.6. The van der Waals surface area contributed by atoms with Gasteiger partial charge in [0, 0.05) is 12.0 Å². The van der Waals surface area contributed by atoms with E-state index in [9.17, 15) is 9.59 Å². The Morgan fingerprint density at radius 2 is 1.95 bits per heavy atom. The van der Waals surface area contributed by atoms with Gasteiger partial charge in [-0.2, -0.15) is 0 Å². The minimum Gasteiger partial charge on any atom is -0.480 e. The molecule has 1 rings (SSSR count). The molecule has 6 heteroatoms. The number of carboxylic acids is 1. The Kier molecular flexibility index (Phi) is 4.92. The van der Waals surface area contributed by atoms with Crippen LogP contribution < -0.4 is 5.32 Å². The van der Waals surface area contributed by atoms with Crippen LogP contribution in [-0.4, -0.2) is 28.2 Å². The Bertz CT molecular complexity index is 480. The predicted octanol–water partition coefficient (Wildman–Crippen LogP) is 1.84. The fourth-order valence-electron chi connectivity index (χ4n) is 1.98. The fourth-order valence-corrected chi connectivity index (χ4v) is 1.98. The molecule has 0 aliphatic carbocycles. The molecule has 0 aliphatic rings. The molecule has 0 aromatic carbocycles. The number of aryl methyl sites for hydroxylation is 2. The summed E-state index contributed by atoms with van der Waals surface area (Å²) in [5.74, 6) is -0.614. The monoisotopic (exact) mass is 282 g/mol. The number of nitrogens with one attached hydrogen (secondary N) is 1. The molecule has 6 nitrogen and oxygen atoms in total. The molecule has 0 spiro atoms. The van der Waals surface area contributed by atoms with Crippen LogP contribution >= 0.6 is 0 Å². The first-order chi connectivity index (χ1) is 9.12. The van der Waals surface area contributed by atoms with Gasteiger partial charge >= 0.3 is 5.97 Å². The molecule has 1 atom stereocenters. The average molecular weight is 282 g/mol. The highest BCUT2D eigenvalue weighted by Gasteiger charge is 2.32. The first-order valence-corrected chi connectivity index (χ1v) is 6.57. The van der Waals surface area contributed by atoms with E-state index >= 15 is 0 Å². The molecule has 0 saturated heterocycles. The third-order valence-electron chi connectivity index (χ3n) is 3.20.